The van der Waals surface area contributed by atoms with Crippen LogP contribution in [0.3, 0.4) is 0 Å². The number of aromatic nitrogens is 6. The molecule has 0 aliphatic rings. The molecule has 0 spiro atoms. The van der Waals surface area contributed by atoms with Crippen molar-refractivity contribution in [2.24, 2.45) is 0 Å². The molecule has 21 heteroatoms. The van der Waals surface area contributed by atoms with Crippen LogP contribution >= 0.6 is 0 Å². The van der Waals surface area contributed by atoms with Gasteiger partial charge in [-0.1, -0.05) is 17.1 Å². The average molecular weight is 671 g/mol. The maximum atomic E-state index is 13.7. The predicted molar refractivity (Wildman–Crippen MR) is 149 cm³/mol. The van der Waals surface area contributed by atoms with Crippen molar-refractivity contribution in [3.05, 3.63) is 60.9 Å². The van der Waals surface area contributed by atoms with Crippen molar-refractivity contribution in [1.82, 2.24) is 34.5 Å². The number of alkyl halides is 6. The minimum Gasteiger partial charge on any atom is -0.484 e. The van der Waals surface area contributed by atoms with Gasteiger partial charge in [-0.25, -0.2) is 14.8 Å². The molecule has 2 aromatic heterocycles. The number of hydrogen-bond acceptors (Lipinski definition) is 11. The lowest BCUT2D eigenvalue weighted by Crippen LogP contribution is -2.65. The summed E-state index contributed by atoms with van der Waals surface area (Å²) < 4.78 is 87.5. The molecule has 4 aromatic rings. The standard InChI is InChI=1S/C26H21F6N9O6/c1-39(2)17-10-14(47-11-25(27,28)29)8-9-18(17)41(24(44)45,21-34-12-33-13-35-21)40(23(42)43)16-7-5-4-6-15(16)19-36-20(26(30,31)32)38-22(37-19)46-3/h4-10,12-13H,11H2,1-3H3,(H-,42,43,44,45)/p+1. The summed E-state index contributed by atoms with van der Waals surface area (Å²) in [5.74, 6) is -3.58. The van der Waals surface area contributed by atoms with Gasteiger partial charge < -0.3 is 24.6 Å². The van der Waals surface area contributed by atoms with E-state index < -0.39 is 76.3 Å². The van der Waals surface area contributed by atoms with Gasteiger partial charge in [0.15, 0.2) is 12.4 Å². The number of benzene rings is 2. The van der Waals surface area contributed by atoms with E-state index in [1.165, 1.54) is 31.1 Å². The number of hydrogen-bond donors (Lipinski definition) is 2. The Hall–Kier alpha value is -5.86. The second-order valence-electron chi connectivity index (χ2n) is 9.38. The normalized spacial score (nSPS) is 13.0. The first-order valence-corrected chi connectivity index (χ1v) is 12.8. The van der Waals surface area contributed by atoms with Gasteiger partial charge in [-0.15, -0.1) is 0 Å². The summed E-state index contributed by atoms with van der Waals surface area (Å²) in [5, 5.41) is 21.9. The number of para-hydroxylation sites is 1. The lowest BCUT2D eigenvalue weighted by Gasteiger charge is -2.37. The highest BCUT2D eigenvalue weighted by Gasteiger charge is 2.58. The molecule has 2 amide bonds. The summed E-state index contributed by atoms with van der Waals surface area (Å²) in [6, 6.07) is 6.89. The van der Waals surface area contributed by atoms with Crippen LogP contribution in [0.1, 0.15) is 5.82 Å². The van der Waals surface area contributed by atoms with Crippen LogP contribution in [0.25, 0.3) is 11.4 Å². The summed E-state index contributed by atoms with van der Waals surface area (Å²) in [6.45, 7) is -1.70. The molecule has 0 saturated heterocycles. The van der Waals surface area contributed by atoms with Crippen molar-refractivity contribution in [3.63, 3.8) is 0 Å². The van der Waals surface area contributed by atoms with Gasteiger partial charge >= 0.3 is 36.5 Å². The third-order valence-electron chi connectivity index (χ3n) is 6.13. The Morgan fingerprint density at radius 2 is 1.57 bits per heavy atom. The zero-order valence-corrected chi connectivity index (χ0v) is 24.2. The van der Waals surface area contributed by atoms with Crippen molar-refractivity contribution in [2.45, 2.75) is 12.4 Å². The Bertz CT molecular complexity index is 1780. The predicted octanol–water partition coefficient (Wildman–Crippen LogP) is 5.17. The molecule has 0 saturated carbocycles. The number of halogens is 6. The van der Waals surface area contributed by atoms with Crippen molar-refractivity contribution in [3.8, 4) is 23.1 Å². The van der Waals surface area contributed by atoms with E-state index in [9.17, 15) is 46.1 Å². The Morgan fingerprint density at radius 1 is 0.915 bits per heavy atom. The number of carbonyl (C=O) groups is 2. The molecule has 4 rings (SSSR count). The third kappa shape index (κ3) is 6.88. The number of methoxy groups -OCH3 is 1. The monoisotopic (exact) mass is 670 g/mol. The van der Waals surface area contributed by atoms with Gasteiger partial charge in [-0.3, -0.25) is 0 Å². The second kappa shape index (κ2) is 12.9. The van der Waals surface area contributed by atoms with E-state index in [0.29, 0.717) is 0 Å². The number of nitrogens with zero attached hydrogens (tertiary/aromatic N) is 9. The van der Waals surface area contributed by atoms with Crippen molar-refractivity contribution >= 4 is 35.2 Å². The fourth-order valence-corrected chi connectivity index (χ4v) is 4.30. The van der Waals surface area contributed by atoms with Crippen LogP contribution in [0.2, 0.25) is 0 Å². The highest BCUT2D eigenvalue weighted by Crippen LogP contribution is 2.46. The van der Waals surface area contributed by atoms with Crippen LogP contribution in [0.15, 0.2) is 55.1 Å². The molecule has 15 nitrogen and oxygen atoms in total. The number of amides is 2. The fraction of sp³-hybridized carbons (Fsp3) is 0.231. The minimum atomic E-state index is -5.10. The van der Waals surface area contributed by atoms with Gasteiger partial charge in [0.1, 0.15) is 29.8 Å². The Morgan fingerprint density at radius 3 is 2.13 bits per heavy atom. The van der Waals surface area contributed by atoms with Crippen LogP contribution < -0.4 is 24.0 Å². The van der Waals surface area contributed by atoms with Gasteiger partial charge in [0.25, 0.3) is 0 Å². The van der Waals surface area contributed by atoms with Crippen molar-refractivity contribution in [1.29, 1.82) is 0 Å². The summed E-state index contributed by atoms with van der Waals surface area (Å²) in [5.41, 5.74) is -1.67. The van der Waals surface area contributed by atoms with E-state index in [-0.39, 0.29) is 16.4 Å². The maximum absolute atomic E-state index is 13.7. The summed E-state index contributed by atoms with van der Waals surface area (Å²) in [7, 11) is 3.74. The molecule has 0 bridgehead atoms. The number of anilines is 2. The van der Waals surface area contributed by atoms with E-state index >= 15 is 0 Å². The zero-order valence-electron chi connectivity index (χ0n) is 24.2. The second-order valence-corrected chi connectivity index (χ2v) is 9.38. The maximum Gasteiger partial charge on any atom is 0.553 e. The van der Waals surface area contributed by atoms with Crippen molar-refractivity contribution in [2.75, 3.05) is 37.7 Å². The quantitative estimate of drug-likeness (QED) is 0.143. The van der Waals surface area contributed by atoms with Crippen LogP contribution in [-0.4, -0.2) is 86.3 Å². The highest BCUT2D eigenvalue weighted by atomic mass is 19.4. The van der Waals surface area contributed by atoms with Gasteiger partial charge in [0, 0.05) is 31.8 Å². The van der Waals surface area contributed by atoms with E-state index in [4.69, 9.17) is 9.47 Å². The fourth-order valence-electron chi connectivity index (χ4n) is 4.30. The van der Waals surface area contributed by atoms with Crippen LogP contribution in [0.5, 0.6) is 11.8 Å². The molecule has 1 unspecified atom stereocenters. The lowest BCUT2D eigenvalue weighted by molar-refractivity contribution is -0.153. The number of quaternary nitrogens is 1. The number of ether oxygens (including phenoxy) is 2. The van der Waals surface area contributed by atoms with Gasteiger partial charge in [-0.05, 0) is 22.8 Å². The van der Waals surface area contributed by atoms with Gasteiger partial charge in [-0.2, -0.15) is 51.1 Å². The van der Waals surface area contributed by atoms with Crippen LogP contribution in [0, 0.1) is 0 Å². The number of rotatable bonds is 8. The first-order valence-electron chi connectivity index (χ1n) is 12.8. The van der Waals surface area contributed by atoms with Gasteiger partial charge in [0.05, 0.1) is 7.11 Å². The highest BCUT2D eigenvalue weighted by molar-refractivity contribution is 6.04. The summed E-state index contributed by atoms with van der Waals surface area (Å²) in [4.78, 5) is 50.0. The zero-order chi connectivity index (χ0) is 34.7. The van der Waals surface area contributed by atoms with E-state index in [1.54, 1.807) is 0 Å². The third-order valence-corrected chi connectivity index (χ3v) is 6.13. The molecule has 0 radical (unpaired) electrons. The smallest absolute Gasteiger partial charge is 0.484 e. The van der Waals surface area contributed by atoms with Crippen LogP contribution in [-0.2, 0) is 6.18 Å². The molecule has 0 aliphatic heterocycles. The molecule has 2 N–H and O–H groups in total. The molecule has 0 fully saturated rings. The topological polar surface area (TPSA) is 177 Å². The molecular formula is C26H22F6N9O6+. The average Bonchev–Trinajstić information content (AvgIpc) is 3.01. The molecular weight excluding hydrogens is 648 g/mol. The summed E-state index contributed by atoms with van der Waals surface area (Å²) >= 11 is 0. The summed E-state index contributed by atoms with van der Waals surface area (Å²) in [6.07, 6.45) is -12.1. The number of carboxylic acid groups (broad SMARTS) is 2. The Balaban J connectivity index is 2.11. The molecule has 0 aliphatic carbocycles. The largest absolute Gasteiger partial charge is 0.553 e. The SMILES string of the molecule is COc1nc(-c2ccccc2N(C(=O)O)[N+](C(=O)O)(c2ncncn2)c2ccc(OCC(F)(F)F)cc2N(C)C)nc(C(F)(F)F)n1. The molecule has 2 heterocycles. The Kier molecular flexibility index (Phi) is 9.31. The van der Waals surface area contributed by atoms with E-state index in [2.05, 4.69) is 29.9 Å². The molecule has 1 atom stereocenters. The first-order chi connectivity index (χ1) is 22.0. The lowest BCUT2D eigenvalue weighted by atomic mass is 10.1. The first kappa shape index (κ1) is 34.0. The van der Waals surface area contributed by atoms with E-state index in [0.717, 1.165) is 50.1 Å². The van der Waals surface area contributed by atoms with E-state index in [1.807, 2.05) is 0 Å². The molecule has 248 valence electrons. The van der Waals surface area contributed by atoms with Crippen LogP contribution in [0.4, 0.5) is 58.9 Å². The Labute approximate surface area is 259 Å². The molecule has 47 heavy (non-hydrogen) atoms. The minimum absolute atomic E-state index is 0.183. The van der Waals surface area contributed by atoms with Crippen molar-refractivity contribution < 1.29 is 55.6 Å². The molecule has 2 aromatic carbocycles. The van der Waals surface area contributed by atoms with Gasteiger partial charge in [0.2, 0.25) is 11.5 Å².